The van der Waals surface area contributed by atoms with Gasteiger partial charge in [0.15, 0.2) is 6.61 Å². The van der Waals surface area contributed by atoms with Crippen LogP contribution in [0.5, 0.6) is 17.2 Å². The standard InChI is InChI=1S/C20H21N3O5/c1-13-5-4-6-15(9-13)27-12-18(24)21-11-19-22-20(23-28-19)16-8-7-14(25-2)10-17(16)26-3/h4-10H,11-12H2,1-3H3,(H,21,24). The van der Waals surface area contributed by atoms with Gasteiger partial charge in [-0.3, -0.25) is 4.79 Å². The van der Waals surface area contributed by atoms with Gasteiger partial charge in [-0.05, 0) is 36.8 Å². The molecule has 3 aromatic rings. The first-order valence-electron chi connectivity index (χ1n) is 8.60. The molecule has 2 aromatic carbocycles. The zero-order valence-electron chi connectivity index (χ0n) is 15.9. The van der Waals surface area contributed by atoms with Crippen LogP contribution >= 0.6 is 0 Å². The second-order valence-corrected chi connectivity index (χ2v) is 5.96. The minimum Gasteiger partial charge on any atom is -0.497 e. The predicted octanol–water partition coefficient (Wildman–Crippen LogP) is 2.76. The molecular weight excluding hydrogens is 362 g/mol. The SMILES string of the molecule is COc1ccc(-c2noc(CNC(=O)COc3cccc(C)c3)n2)c(OC)c1. The summed E-state index contributed by atoms with van der Waals surface area (Å²) >= 11 is 0. The van der Waals surface area contributed by atoms with E-state index in [9.17, 15) is 4.79 Å². The van der Waals surface area contributed by atoms with Crippen LogP contribution in [-0.4, -0.2) is 36.9 Å². The van der Waals surface area contributed by atoms with Crippen LogP contribution in [0.3, 0.4) is 0 Å². The number of hydrogen-bond donors (Lipinski definition) is 1. The lowest BCUT2D eigenvalue weighted by atomic mass is 10.2. The first-order chi connectivity index (χ1) is 13.6. The molecule has 0 aliphatic rings. The molecule has 8 nitrogen and oxygen atoms in total. The number of carbonyl (C=O) groups excluding carboxylic acids is 1. The molecule has 0 saturated heterocycles. The van der Waals surface area contributed by atoms with E-state index in [1.54, 1.807) is 38.5 Å². The highest BCUT2D eigenvalue weighted by atomic mass is 16.5. The first-order valence-corrected chi connectivity index (χ1v) is 8.60. The van der Waals surface area contributed by atoms with E-state index in [0.717, 1.165) is 5.56 Å². The number of benzene rings is 2. The molecule has 28 heavy (non-hydrogen) atoms. The van der Waals surface area contributed by atoms with Crippen LogP contribution in [0.4, 0.5) is 0 Å². The molecule has 1 amide bonds. The Morgan fingerprint density at radius 2 is 1.96 bits per heavy atom. The van der Waals surface area contributed by atoms with Gasteiger partial charge in [-0.2, -0.15) is 4.98 Å². The fourth-order valence-electron chi connectivity index (χ4n) is 2.50. The molecule has 0 atom stereocenters. The van der Waals surface area contributed by atoms with Crippen molar-refractivity contribution in [2.45, 2.75) is 13.5 Å². The third kappa shape index (κ3) is 4.79. The Bertz CT molecular complexity index is 955. The normalized spacial score (nSPS) is 10.4. The van der Waals surface area contributed by atoms with Crippen molar-refractivity contribution in [3.05, 3.63) is 53.9 Å². The molecule has 3 rings (SSSR count). The van der Waals surface area contributed by atoms with Gasteiger partial charge in [0.1, 0.15) is 17.2 Å². The van der Waals surface area contributed by atoms with Crippen molar-refractivity contribution in [2.75, 3.05) is 20.8 Å². The van der Waals surface area contributed by atoms with Crippen molar-refractivity contribution >= 4 is 5.91 Å². The van der Waals surface area contributed by atoms with Gasteiger partial charge in [0.25, 0.3) is 5.91 Å². The van der Waals surface area contributed by atoms with E-state index < -0.39 is 0 Å². The molecule has 0 aliphatic carbocycles. The van der Waals surface area contributed by atoms with Crippen LogP contribution in [-0.2, 0) is 11.3 Å². The zero-order chi connectivity index (χ0) is 19.9. The smallest absolute Gasteiger partial charge is 0.258 e. The van der Waals surface area contributed by atoms with Crippen molar-refractivity contribution in [2.24, 2.45) is 0 Å². The Morgan fingerprint density at radius 3 is 2.71 bits per heavy atom. The highest BCUT2D eigenvalue weighted by Crippen LogP contribution is 2.31. The van der Waals surface area contributed by atoms with Crippen molar-refractivity contribution in [1.29, 1.82) is 0 Å². The average Bonchev–Trinajstić information content (AvgIpc) is 3.19. The van der Waals surface area contributed by atoms with Gasteiger partial charge in [0.2, 0.25) is 11.7 Å². The molecule has 0 bridgehead atoms. The quantitative estimate of drug-likeness (QED) is 0.639. The highest BCUT2D eigenvalue weighted by Gasteiger charge is 2.15. The summed E-state index contributed by atoms with van der Waals surface area (Å²) < 4.78 is 21.2. The molecule has 8 heteroatoms. The number of amides is 1. The van der Waals surface area contributed by atoms with E-state index in [-0.39, 0.29) is 24.9 Å². The molecule has 146 valence electrons. The summed E-state index contributed by atoms with van der Waals surface area (Å²) in [4.78, 5) is 16.3. The Balaban J connectivity index is 1.57. The number of hydrogen-bond acceptors (Lipinski definition) is 7. The van der Waals surface area contributed by atoms with E-state index >= 15 is 0 Å². The lowest BCUT2D eigenvalue weighted by molar-refractivity contribution is -0.123. The maximum Gasteiger partial charge on any atom is 0.258 e. The average molecular weight is 383 g/mol. The fourth-order valence-corrected chi connectivity index (χ4v) is 2.50. The van der Waals surface area contributed by atoms with E-state index in [4.69, 9.17) is 18.7 Å². The number of nitrogens with one attached hydrogen (secondary N) is 1. The molecule has 0 saturated carbocycles. The van der Waals surface area contributed by atoms with E-state index in [2.05, 4.69) is 15.5 Å². The minimum atomic E-state index is -0.289. The summed E-state index contributed by atoms with van der Waals surface area (Å²) in [5, 5.41) is 6.63. The van der Waals surface area contributed by atoms with Gasteiger partial charge in [-0.15, -0.1) is 0 Å². The van der Waals surface area contributed by atoms with Gasteiger partial charge < -0.3 is 24.1 Å². The second-order valence-electron chi connectivity index (χ2n) is 5.96. The summed E-state index contributed by atoms with van der Waals surface area (Å²) in [5.41, 5.74) is 1.72. The van der Waals surface area contributed by atoms with Gasteiger partial charge in [0, 0.05) is 6.07 Å². The largest absolute Gasteiger partial charge is 0.497 e. The molecule has 0 unspecified atom stereocenters. The number of aryl methyl sites for hydroxylation is 1. The highest BCUT2D eigenvalue weighted by molar-refractivity contribution is 5.77. The van der Waals surface area contributed by atoms with Gasteiger partial charge in [-0.1, -0.05) is 17.3 Å². The summed E-state index contributed by atoms with van der Waals surface area (Å²) in [6.45, 7) is 1.95. The molecule has 1 aromatic heterocycles. The zero-order valence-corrected chi connectivity index (χ0v) is 15.9. The number of aromatic nitrogens is 2. The Labute approximate surface area is 162 Å². The molecular formula is C20H21N3O5. The lowest BCUT2D eigenvalue weighted by Gasteiger charge is -2.07. The van der Waals surface area contributed by atoms with Crippen LogP contribution in [0.25, 0.3) is 11.4 Å². The molecule has 0 fully saturated rings. The van der Waals surface area contributed by atoms with Crippen molar-refractivity contribution in [1.82, 2.24) is 15.5 Å². The number of carbonyl (C=O) groups is 1. The van der Waals surface area contributed by atoms with Crippen LogP contribution in [0, 0.1) is 6.92 Å². The van der Waals surface area contributed by atoms with Gasteiger partial charge in [-0.25, -0.2) is 0 Å². The van der Waals surface area contributed by atoms with E-state index in [1.807, 2.05) is 25.1 Å². The summed E-state index contributed by atoms with van der Waals surface area (Å²) in [6.07, 6.45) is 0. The summed E-state index contributed by atoms with van der Waals surface area (Å²) in [6, 6.07) is 12.8. The Kier molecular flexibility index (Phi) is 6.11. The minimum absolute atomic E-state index is 0.0987. The van der Waals surface area contributed by atoms with Crippen molar-refractivity contribution in [3.8, 4) is 28.6 Å². The van der Waals surface area contributed by atoms with Crippen LogP contribution < -0.4 is 19.5 Å². The molecule has 0 spiro atoms. The van der Waals surface area contributed by atoms with Crippen LogP contribution in [0.1, 0.15) is 11.5 Å². The Morgan fingerprint density at radius 1 is 1.11 bits per heavy atom. The maximum absolute atomic E-state index is 12.0. The molecule has 0 radical (unpaired) electrons. The topological polar surface area (TPSA) is 95.7 Å². The lowest BCUT2D eigenvalue weighted by Crippen LogP contribution is -2.28. The van der Waals surface area contributed by atoms with Crippen LogP contribution in [0.2, 0.25) is 0 Å². The number of nitrogens with zero attached hydrogens (tertiary/aromatic N) is 2. The monoisotopic (exact) mass is 383 g/mol. The molecule has 0 aliphatic heterocycles. The van der Waals surface area contributed by atoms with E-state index in [1.165, 1.54) is 0 Å². The molecule has 1 N–H and O–H groups in total. The number of rotatable bonds is 8. The van der Waals surface area contributed by atoms with Crippen LogP contribution in [0.15, 0.2) is 47.0 Å². The third-order valence-electron chi connectivity index (χ3n) is 3.91. The van der Waals surface area contributed by atoms with Gasteiger partial charge in [0.05, 0.1) is 26.3 Å². The maximum atomic E-state index is 12.0. The predicted molar refractivity (Wildman–Crippen MR) is 101 cm³/mol. The third-order valence-corrected chi connectivity index (χ3v) is 3.91. The number of methoxy groups -OCH3 is 2. The number of ether oxygens (including phenoxy) is 3. The first kappa shape index (κ1) is 19.2. The summed E-state index contributed by atoms with van der Waals surface area (Å²) in [7, 11) is 3.12. The molecule has 1 heterocycles. The Hall–Kier alpha value is -3.55. The summed E-state index contributed by atoms with van der Waals surface area (Å²) in [5.74, 6) is 2.20. The van der Waals surface area contributed by atoms with Crippen molar-refractivity contribution < 1.29 is 23.5 Å². The van der Waals surface area contributed by atoms with Crippen molar-refractivity contribution in [3.63, 3.8) is 0 Å². The van der Waals surface area contributed by atoms with E-state index in [0.29, 0.717) is 28.6 Å². The fraction of sp³-hybridized carbons (Fsp3) is 0.250. The second kappa shape index (κ2) is 8.90. The van der Waals surface area contributed by atoms with Gasteiger partial charge >= 0.3 is 0 Å².